The fraction of sp³-hybridized carbons (Fsp3) is 0.769. The molecule has 2 saturated heterocycles. The van der Waals surface area contributed by atoms with Crippen LogP contribution in [-0.2, 0) is 14.3 Å². The maximum atomic E-state index is 12.6. The lowest BCUT2D eigenvalue weighted by atomic mass is 9.78. The number of carbonyl (C=O) groups is 3. The number of ether oxygens (including phenoxy) is 1. The van der Waals surface area contributed by atoms with Crippen LogP contribution in [-0.4, -0.2) is 42.0 Å². The van der Waals surface area contributed by atoms with Gasteiger partial charge in [-0.2, -0.15) is 0 Å². The number of hydrogen-bond donors (Lipinski definition) is 1. The van der Waals surface area contributed by atoms with Crippen molar-refractivity contribution in [2.75, 3.05) is 13.2 Å². The summed E-state index contributed by atoms with van der Waals surface area (Å²) in [6.45, 7) is 4.61. The van der Waals surface area contributed by atoms with E-state index < -0.39 is 17.4 Å². The van der Waals surface area contributed by atoms with Gasteiger partial charge in [0.15, 0.2) is 0 Å². The molecule has 4 amide bonds. The molecule has 1 N–H and O–H groups in total. The summed E-state index contributed by atoms with van der Waals surface area (Å²) in [6.07, 6.45) is 2.34. The summed E-state index contributed by atoms with van der Waals surface area (Å²) >= 11 is 0. The van der Waals surface area contributed by atoms with Gasteiger partial charge in [0.05, 0.1) is 12.6 Å². The zero-order valence-electron chi connectivity index (χ0n) is 11.4. The number of carbonyl (C=O) groups excluding carboxylic acids is 3. The van der Waals surface area contributed by atoms with Gasteiger partial charge in [-0.05, 0) is 25.7 Å². The van der Waals surface area contributed by atoms with Crippen molar-refractivity contribution >= 4 is 17.8 Å². The zero-order chi connectivity index (χ0) is 14.0. The first kappa shape index (κ1) is 14.0. The summed E-state index contributed by atoms with van der Waals surface area (Å²) in [6, 6.07) is -0.866. The Hall–Kier alpha value is -1.43. The lowest BCUT2D eigenvalue weighted by Gasteiger charge is -2.42. The van der Waals surface area contributed by atoms with Gasteiger partial charge in [-0.1, -0.05) is 13.8 Å². The van der Waals surface area contributed by atoms with Crippen molar-refractivity contribution in [3.63, 3.8) is 0 Å². The molecule has 2 rings (SSSR count). The number of urea groups is 1. The van der Waals surface area contributed by atoms with Crippen molar-refractivity contribution in [1.29, 1.82) is 0 Å². The molecule has 0 aliphatic carbocycles. The second-order valence-corrected chi connectivity index (χ2v) is 5.09. The molecule has 0 bridgehead atoms. The largest absolute Gasteiger partial charge is 0.379 e. The zero-order valence-corrected chi connectivity index (χ0v) is 11.4. The third kappa shape index (κ3) is 2.14. The van der Waals surface area contributed by atoms with Gasteiger partial charge in [0.25, 0.3) is 0 Å². The molecule has 0 radical (unpaired) electrons. The Morgan fingerprint density at radius 3 is 2.53 bits per heavy atom. The van der Waals surface area contributed by atoms with Crippen LogP contribution >= 0.6 is 0 Å². The molecule has 2 heterocycles. The molecule has 106 valence electrons. The van der Waals surface area contributed by atoms with Crippen molar-refractivity contribution in [2.24, 2.45) is 5.41 Å². The third-order valence-corrected chi connectivity index (χ3v) is 4.21. The van der Waals surface area contributed by atoms with Crippen LogP contribution < -0.4 is 5.32 Å². The summed E-state index contributed by atoms with van der Waals surface area (Å²) in [5, 5.41) is 2.32. The first-order valence-corrected chi connectivity index (χ1v) is 6.83. The van der Waals surface area contributed by atoms with E-state index in [2.05, 4.69) is 5.32 Å². The predicted molar refractivity (Wildman–Crippen MR) is 67.2 cm³/mol. The molecular weight excluding hydrogens is 248 g/mol. The van der Waals surface area contributed by atoms with Crippen molar-refractivity contribution < 1.29 is 19.1 Å². The molecule has 6 heteroatoms. The van der Waals surface area contributed by atoms with Crippen molar-refractivity contribution in [2.45, 2.75) is 45.6 Å². The molecule has 0 aromatic carbocycles. The van der Waals surface area contributed by atoms with Crippen LogP contribution in [0.2, 0.25) is 0 Å². The van der Waals surface area contributed by atoms with Crippen LogP contribution in [0, 0.1) is 5.41 Å². The van der Waals surface area contributed by atoms with E-state index in [1.54, 1.807) is 13.8 Å². The summed E-state index contributed by atoms with van der Waals surface area (Å²) in [5.74, 6) is -0.845. The normalized spacial score (nSPS) is 27.4. The Kier molecular flexibility index (Phi) is 3.89. The Labute approximate surface area is 112 Å². The van der Waals surface area contributed by atoms with E-state index in [1.807, 2.05) is 0 Å². The fourth-order valence-electron chi connectivity index (χ4n) is 2.83. The Bertz CT molecular complexity index is 397. The highest BCUT2D eigenvalue weighted by molar-refractivity contribution is 6.19. The van der Waals surface area contributed by atoms with Gasteiger partial charge < -0.3 is 4.74 Å². The minimum atomic E-state index is -1.11. The van der Waals surface area contributed by atoms with Crippen LogP contribution in [0.4, 0.5) is 4.79 Å². The van der Waals surface area contributed by atoms with Crippen molar-refractivity contribution in [1.82, 2.24) is 10.2 Å². The number of rotatable bonds is 3. The van der Waals surface area contributed by atoms with Gasteiger partial charge in [0.1, 0.15) is 5.41 Å². The molecule has 0 spiro atoms. The molecule has 1 atom stereocenters. The maximum absolute atomic E-state index is 12.6. The molecule has 6 nitrogen and oxygen atoms in total. The van der Waals surface area contributed by atoms with Crippen LogP contribution in [0.3, 0.4) is 0 Å². The minimum Gasteiger partial charge on any atom is -0.379 e. The Morgan fingerprint density at radius 1 is 1.32 bits per heavy atom. The van der Waals surface area contributed by atoms with E-state index in [4.69, 9.17) is 4.74 Å². The first-order chi connectivity index (χ1) is 9.06. The average Bonchev–Trinajstić information content (AvgIpc) is 2.41. The smallest absolute Gasteiger partial charge is 0.331 e. The van der Waals surface area contributed by atoms with E-state index in [-0.39, 0.29) is 11.9 Å². The molecule has 0 saturated carbocycles. The summed E-state index contributed by atoms with van der Waals surface area (Å²) in [5.41, 5.74) is -1.11. The topological polar surface area (TPSA) is 75.7 Å². The molecular formula is C13H20N2O4. The van der Waals surface area contributed by atoms with Gasteiger partial charge in [-0.3, -0.25) is 19.8 Å². The van der Waals surface area contributed by atoms with E-state index >= 15 is 0 Å². The average molecular weight is 268 g/mol. The Morgan fingerprint density at radius 2 is 2.00 bits per heavy atom. The lowest BCUT2D eigenvalue weighted by Crippen LogP contribution is -2.66. The second-order valence-electron chi connectivity index (χ2n) is 5.09. The highest BCUT2D eigenvalue weighted by Gasteiger charge is 2.53. The summed E-state index contributed by atoms with van der Waals surface area (Å²) < 4.78 is 5.34. The quantitative estimate of drug-likeness (QED) is 0.776. The fourth-order valence-corrected chi connectivity index (χ4v) is 2.83. The predicted octanol–water partition coefficient (Wildman–Crippen LogP) is 1.05. The van der Waals surface area contributed by atoms with Crippen LogP contribution in [0.25, 0.3) is 0 Å². The van der Waals surface area contributed by atoms with Gasteiger partial charge in [0, 0.05) is 6.61 Å². The summed E-state index contributed by atoms with van der Waals surface area (Å²) in [4.78, 5) is 37.8. The van der Waals surface area contributed by atoms with Crippen LogP contribution in [0.5, 0.6) is 0 Å². The number of nitrogens with one attached hydrogen (secondary N) is 1. The standard InChI is InChI=1S/C13H20N2O4/c1-3-13(4-2)10(16)14-12(18)15(11(13)17)9-6-5-7-19-8-9/h9H,3-8H2,1-2H3,(H,14,16,18). The monoisotopic (exact) mass is 268 g/mol. The third-order valence-electron chi connectivity index (χ3n) is 4.21. The van der Waals surface area contributed by atoms with E-state index in [1.165, 1.54) is 4.90 Å². The number of amides is 4. The highest BCUT2D eigenvalue weighted by atomic mass is 16.5. The first-order valence-electron chi connectivity index (χ1n) is 6.83. The number of barbiturate groups is 1. The second kappa shape index (κ2) is 5.28. The van der Waals surface area contributed by atoms with Crippen molar-refractivity contribution in [3.05, 3.63) is 0 Å². The lowest BCUT2D eigenvalue weighted by molar-refractivity contribution is -0.155. The molecule has 2 fully saturated rings. The van der Waals surface area contributed by atoms with Gasteiger partial charge in [-0.15, -0.1) is 0 Å². The highest BCUT2D eigenvalue weighted by Crippen LogP contribution is 2.34. The molecule has 2 aliphatic heterocycles. The van der Waals surface area contributed by atoms with E-state index in [0.717, 1.165) is 12.8 Å². The number of hydrogen-bond acceptors (Lipinski definition) is 4. The van der Waals surface area contributed by atoms with Crippen LogP contribution in [0.1, 0.15) is 39.5 Å². The molecule has 1 unspecified atom stereocenters. The maximum Gasteiger partial charge on any atom is 0.331 e. The number of nitrogens with zero attached hydrogens (tertiary/aromatic N) is 1. The molecule has 19 heavy (non-hydrogen) atoms. The summed E-state index contributed by atoms with van der Waals surface area (Å²) in [7, 11) is 0. The van der Waals surface area contributed by atoms with Crippen LogP contribution in [0.15, 0.2) is 0 Å². The minimum absolute atomic E-state index is 0.258. The van der Waals surface area contributed by atoms with E-state index in [9.17, 15) is 14.4 Å². The van der Waals surface area contributed by atoms with E-state index in [0.29, 0.717) is 26.1 Å². The van der Waals surface area contributed by atoms with Gasteiger partial charge >= 0.3 is 6.03 Å². The molecule has 0 aromatic heterocycles. The van der Waals surface area contributed by atoms with Crippen molar-refractivity contribution in [3.8, 4) is 0 Å². The SMILES string of the molecule is CCC1(CC)C(=O)NC(=O)N(C2CCCOC2)C1=O. The van der Waals surface area contributed by atoms with Gasteiger partial charge in [-0.25, -0.2) is 4.79 Å². The molecule has 0 aromatic rings. The van der Waals surface area contributed by atoms with Gasteiger partial charge in [0.2, 0.25) is 11.8 Å². The molecule has 2 aliphatic rings. The number of imide groups is 2. The Balaban J connectivity index is 2.29.